The Balaban J connectivity index is 1.93. The zero-order valence-corrected chi connectivity index (χ0v) is 18.4. The van der Waals surface area contributed by atoms with Gasteiger partial charge in [0.05, 0.1) is 22.3 Å². The highest BCUT2D eigenvalue weighted by atomic mass is 35.5. The van der Waals surface area contributed by atoms with Crippen LogP contribution in [0.5, 0.6) is 17.2 Å². The molecular formula is C23H19Cl2NO6. The van der Waals surface area contributed by atoms with Gasteiger partial charge in [-0.3, -0.25) is 9.69 Å². The van der Waals surface area contributed by atoms with Gasteiger partial charge in [0, 0.05) is 5.56 Å². The van der Waals surface area contributed by atoms with Crippen molar-refractivity contribution in [3.63, 3.8) is 0 Å². The van der Waals surface area contributed by atoms with Crippen molar-refractivity contribution in [2.75, 3.05) is 18.1 Å². The molecule has 0 bridgehead atoms. The number of hydrogen-bond acceptors (Lipinski definition) is 5. The molecule has 2 N–H and O–H groups in total. The highest BCUT2D eigenvalue weighted by molar-refractivity contribution is 6.37. The number of carbonyl (C=O) groups excluding carboxylic acids is 1. The van der Waals surface area contributed by atoms with Crippen molar-refractivity contribution in [1.82, 2.24) is 0 Å². The van der Waals surface area contributed by atoms with Crippen molar-refractivity contribution >= 4 is 41.0 Å². The van der Waals surface area contributed by atoms with E-state index in [0.29, 0.717) is 11.3 Å². The van der Waals surface area contributed by atoms with E-state index in [1.807, 2.05) is 30.3 Å². The number of phenols is 1. The number of amides is 1. The summed E-state index contributed by atoms with van der Waals surface area (Å²) in [6, 6.07) is 16.7. The van der Waals surface area contributed by atoms with E-state index in [4.69, 9.17) is 37.8 Å². The number of carboxylic acid groups (broad SMARTS) is 1. The standard InChI is InChI=1S/C23H19Cl2NO6/c1-2-31-23(30)26(13-21(28)29)15-10-18(24)22(19(25)11-15)32-16-8-9-20(27)17(12-16)14-6-4-3-5-7-14/h3-12,27H,2,13H2,1H3,(H,28,29). The van der Waals surface area contributed by atoms with Crippen LogP contribution in [0.1, 0.15) is 6.92 Å². The number of anilines is 1. The molecule has 0 aromatic heterocycles. The van der Waals surface area contributed by atoms with Crippen molar-refractivity contribution < 1.29 is 29.3 Å². The van der Waals surface area contributed by atoms with Gasteiger partial charge in [-0.25, -0.2) is 4.79 Å². The molecular weight excluding hydrogens is 457 g/mol. The Morgan fingerprint density at radius 1 is 1.00 bits per heavy atom. The molecule has 3 aromatic rings. The topological polar surface area (TPSA) is 96.3 Å². The highest BCUT2D eigenvalue weighted by Crippen LogP contribution is 2.41. The maximum Gasteiger partial charge on any atom is 0.414 e. The molecule has 0 heterocycles. The molecule has 0 aliphatic carbocycles. The van der Waals surface area contributed by atoms with Crippen molar-refractivity contribution in [3.8, 4) is 28.4 Å². The van der Waals surface area contributed by atoms with E-state index in [-0.39, 0.29) is 33.8 Å². The Labute approximate surface area is 194 Å². The third kappa shape index (κ3) is 5.43. The molecule has 0 saturated heterocycles. The minimum atomic E-state index is -1.23. The fourth-order valence-corrected chi connectivity index (χ4v) is 3.50. The van der Waals surface area contributed by atoms with Gasteiger partial charge in [-0.1, -0.05) is 53.5 Å². The molecule has 0 aliphatic rings. The van der Waals surface area contributed by atoms with Gasteiger partial charge in [-0.2, -0.15) is 0 Å². The van der Waals surface area contributed by atoms with Crippen LogP contribution in [0.15, 0.2) is 60.7 Å². The van der Waals surface area contributed by atoms with Crippen molar-refractivity contribution in [2.45, 2.75) is 6.92 Å². The van der Waals surface area contributed by atoms with E-state index in [1.54, 1.807) is 19.1 Å². The summed E-state index contributed by atoms with van der Waals surface area (Å²) in [6.07, 6.45) is -0.846. The Kier molecular flexibility index (Phi) is 7.45. The fourth-order valence-electron chi connectivity index (χ4n) is 2.94. The molecule has 7 nitrogen and oxygen atoms in total. The monoisotopic (exact) mass is 475 g/mol. The predicted octanol–water partition coefficient (Wildman–Crippen LogP) is 6.21. The lowest BCUT2D eigenvalue weighted by atomic mass is 10.0. The van der Waals surface area contributed by atoms with Gasteiger partial charge in [0.15, 0.2) is 5.75 Å². The number of halogens is 2. The van der Waals surface area contributed by atoms with Gasteiger partial charge in [-0.15, -0.1) is 0 Å². The van der Waals surface area contributed by atoms with E-state index >= 15 is 0 Å². The largest absolute Gasteiger partial charge is 0.507 e. The van der Waals surface area contributed by atoms with Crippen LogP contribution in [0.25, 0.3) is 11.1 Å². The van der Waals surface area contributed by atoms with E-state index < -0.39 is 18.6 Å². The van der Waals surface area contributed by atoms with Crippen LogP contribution >= 0.6 is 23.2 Å². The summed E-state index contributed by atoms with van der Waals surface area (Å²) in [4.78, 5) is 24.3. The van der Waals surface area contributed by atoms with Crippen LogP contribution in [-0.2, 0) is 9.53 Å². The number of carboxylic acids is 1. The van der Waals surface area contributed by atoms with E-state index in [1.165, 1.54) is 18.2 Å². The maximum atomic E-state index is 12.2. The second-order valence-electron chi connectivity index (χ2n) is 6.56. The number of aliphatic carboxylic acids is 1. The Morgan fingerprint density at radius 2 is 1.66 bits per heavy atom. The molecule has 9 heteroatoms. The van der Waals surface area contributed by atoms with Crippen LogP contribution < -0.4 is 9.64 Å². The van der Waals surface area contributed by atoms with E-state index in [9.17, 15) is 14.7 Å². The zero-order valence-electron chi connectivity index (χ0n) is 16.9. The molecule has 1 amide bonds. The molecule has 0 saturated carbocycles. The summed E-state index contributed by atoms with van der Waals surface area (Å²) in [6.45, 7) is 1.04. The summed E-state index contributed by atoms with van der Waals surface area (Å²) in [7, 11) is 0. The first-order valence-corrected chi connectivity index (χ1v) is 10.3. The summed E-state index contributed by atoms with van der Waals surface area (Å²) >= 11 is 12.7. The average Bonchev–Trinajstić information content (AvgIpc) is 2.76. The molecule has 0 radical (unpaired) electrons. The minimum Gasteiger partial charge on any atom is -0.507 e. The molecule has 0 unspecified atom stereocenters. The van der Waals surface area contributed by atoms with Crippen LogP contribution in [-0.4, -0.2) is 35.4 Å². The number of carbonyl (C=O) groups is 2. The molecule has 0 atom stereocenters. The lowest BCUT2D eigenvalue weighted by molar-refractivity contribution is -0.135. The predicted molar refractivity (Wildman–Crippen MR) is 122 cm³/mol. The van der Waals surface area contributed by atoms with Crippen molar-refractivity contribution in [2.24, 2.45) is 0 Å². The highest BCUT2D eigenvalue weighted by Gasteiger charge is 2.23. The smallest absolute Gasteiger partial charge is 0.414 e. The van der Waals surface area contributed by atoms with E-state index in [0.717, 1.165) is 10.5 Å². The number of nitrogens with zero attached hydrogens (tertiary/aromatic N) is 1. The van der Waals surface area contributed by atoms with Gasteiger partial charge >= 0.3 is 12.1 Å². The number of ether oxygens (including phenoxy) is 2. The summed E-state index contributed by atoms with van der Waals surface area (Å²) in [5, 5.41) is 19.5. The van der Waals surface area contributed by atoms with Crippen LogP contribution in [0.3, 0.4) is 0 Å². The second kappa shape index (κ2) is 10.3. The first-order valence-electron chi connectivity index (χ1n) is 9.51. The number of hydrogen-bond donors (Lipinski definition) is 2. The first kappa shape index (κ1) is 23.2. The summed E-state index contributed by atoms with van der Waals surface area (Å²) < 4.78 is 10.8. The lowest BCUT2D eigenvalue weighted by Gasteiger charge is -2.21. The van der Waals surface area contributed by atoms with Gasteiger partial charge in [0.25, 0.3) is 0 Å². The quantitative estimate of drug-likeness (QED) is 0.421. The molecule has 166 valence electrons. The molecule has 3 rings (SSSR count). The summed E-state index contributed by atoms with van der Waals surface area (Å²) in [5.74, 6) is -0.676. The molecule has 0 fully saturated rings. The number of benzene rings is 3. The average molecular weight is 476 g/mol. The van der Waals surface area contributed by atoms with Crippen molar-refractivity contribution in [1.29, 1.82) is 0 Å². The zero-order chi connectivity index (χ0) is 23.3. The van der Waals surface area contributed by atoms with Crippen LogP contribution in [0.4, 0.5) is 10.5 Å². The normalized spacial score (nSPS) is 10.5. The van der Waals surface area contributed by atoms with Crippen LogP contribution in [0.2, 0.25) is 10.0 Å². The Bertz CT molecular complexity index is 1110. The summed E-state index contributed by atoms with van der Waals surface area (Å²) in [5.41, 5.74) is 1.49. The SMILES string of the molecule is CCOC(=O)N(CC(=O)O)c1cc(Cl)c(Oc2ccc(O)c(-c3ccccc3)c2)c(Cl)c1. The van der Waals surface area contributed by atoms with E-state index in [2.05, 4.69) is 0 Å². The lowest BCUT2D eigenvalue weighted by Crippen LogP contribution is -2.36. The third-order valence-electron chi connectivity index (χ3n) is 4.35. The molecule has 0 aliphatic heterocycles. The van der Waals surface area contributed by atoms with Crippen LogP contribution in [0, 0.1) is 0 Å². The first-order chi connectivity index (χ1) is 15.3. The minimum absolute atomic E-state index is 0.0570. The molecule has 3 aromatic carbocycles. The third-order valence-corrected chi connectivity index (χ3v) is 4.91. The number of rotatable bonds is 7. The van der Waals surface area contributed by atoms with Gasteiger partial charge in [0.2, 0.25) is 0 Å². The molecule has 32 heavy (non-hydrogen) atoms. The van der Waals surface area contributed by atoms with Crippen molar-refractivity contribution in [3.05, 3.63) is 70.7 Å². The Morgan fingerprint density at radius 3 is 2.25 bits per heavy atom. The molecule has 0 spiro atoms. The van der Waals surface area contributed by atoms with Gasteiger partial charge in [0.1, 0.15) is 18.0 Å². The fraction of sp³-hybridized carbons (Fsp3) is 0.130. The number of phenolic OH excluding ortho intramolecular Hbond substituents is 1. The van der Waals surface area contributed by atoms with Gasteiger partial charge in [-0.05, 0) is 42.8 Å². The number of aromatic hydroxyl groups is 1. The second-order valence-corrected chi connectivity index (χ2v) is 7.38. The maximum absolute atomic E-state index is 12.2. The van der Waals surface area contributed by atoms with Gasteiger partial charge < -0.3 is 19.7 Å². The Hall–Kier alpha value is -3.42.